The summed E-state index contributed by atoms with van der Waals surface area (Å²) in [6, 6.07) is -0.377. The lowest BCUT2D eigenvalue weighted by Crippen LogP contribution is -2.56. The molecule has 1 saturated heterocycles. The molecule has 1 N–H and O–H groups in total. The molecule has 0 aliphatic carbocycles. The predicted molar refractivity (Wildman–Crippen MR) is 62.8 cm³/mol. The van der Waals surface area contributed by atoms with Crippen molar-refractivity contribution < 1.29 is 9.59 Å². The highest BCUT2D eigenvalue weighted by atomic mass is 32.1. The first-order chi connectivity index (χ1) is 8.15. The molecule has 2 amide bonds. The summed E-state index contributed by atoms with van der Waals surface area (Å²) in [6.07, 6.45) is 0.614. The van der Waals surface area contributed by atoms with Crippen molar-refractivity contribution >= 4 is 23.3 Å². The van der Waals surface area contributed by atoms with E-state index in [1.54, 1.807) is 11.8 Å². The first kappa shape index (κ1) is 12.0. The Morgan fingerprint density at radius 2 is 2.41 bits per heavy atom. The Morgan fingerprint density at radius 3 is 3.00 bits per heavy atom. The molecule has 0 radical (unpaired) electrons. The minimum atomic E-state index is -0.377. The van der Waals surface area contributed by atoms with E-state index in [4.69, 9.17) is 0 Å². The van der Waals surface area contributed by atoms with Crippen LogP contribution in [0.15, 0.2) is 0 Å². The van der Waals surface area contributed by atoms with Gasteiger partial charge in [-0.25, -0.2) is 0 Å². The van der Waals surface area contributed by atoms with Crippen LogP contribution < -0.4 is 5.32 Å². The molecule has 0 spiro atoms. The zero-order valence-corrected chi connectivity index (χ0v) is 10.6. The van der Waals surface area contributed by atoms with E-state index < -0.39 is 0 Å². The van der Waals surface area contributed by atoms with Gasteiger partial charge in [0.15, 0.2) is 0 Å². The molecule has 1 aromatic heterocycles. The number of amides is 2. The monoisotopic (exact) mass is 254 g/mol. The normalized spacial score (nSPS) is 20.2. The predicted octanol–water partition coefficient (Wildman–Crippen LogP) is 0.197. The molecule has 0 bridgehead atoms. The summed E-state index contributed by atoms with van der Waals surface area (Å²) in [5.74, 6) is -0.221. The molecule has 1 aliphatic rings. The Kier molecular flexibility index (Phi) is 3.37. The van der Waals surface area contributed by atoms with Crippen molar-refractivity contribution in [3.05, 3.63) is 10.6 Å². The van der Waals surface area contributed by atoms with Crippen LogP contribution in [0.25, 0.3) is 0 Å². The van der Waals surface area contributed by atoms with Gasteiger partial charge in [0.05, 0.1) is 5.69 Å². The Hall–Kier alpha value is -1.50. The second-order valence-electron chi connectivity index (χ2n) is 3.90. The topological polar surface area (TPSA) is 75.2 Å². The third-order valence-corrected chi connectivity index (χ3v) is 3.64. The average Bonchev–Trinajstić information content (AvgIpc) is 2.74. The summed E-state index contributed by atoms with van der Waals surface area (Å²) in [5, 5.41) is 6.59. The SMILES string of the molecule is CCC1C(=O)NCCN1C(=O)c1snnc1C. The molecule has 6 nitrogen and oxygen atoms in total. The molecule has 1 atom stereocenters. The molecule has 7 heteroatoms. The largest absolute Gasteiger partial charge is 0.353 e. The molecule has 2 heterocycles. The average molecular weight is 254 g/mol. The number of nitrogens with zero attached hydrogens (tertiary/aromatic N) is 3. The lowest BCUT2D eigenvalue weighted by atomic mass is 10.1. The minimum absolute atomic E-state index is 0.0813. The zero-order chi connectivity index (χ0) is 12.4. The molecule has 1 fully saturated rings. The van der Waals surface area contributed by atoms with E-state index in [0.29, 0.717) is 30.1 Å². The first-order valence-corrected chi connectivity index (χ1v) is 6.30. The number of aromatic nitrogens is 2. The number of aryl methyl sites for hydroxylation is 1. The van der Waals surface area contributed by atoms with Crippen molar-refractivity contribution in [1.82, 2.24) is 19.8 Å². The Morgan fingerprint density at radius 1 is 1.65 bits per heavy atom. The summed E-state index contributed by atoms with van der Waals surface area (Å²) in [7, 11) is 0. The molecule has 92 valence electrons. The van der Waals surface area contributed by atoms with Crippen molar-refractivity contribution in [1.29, 1.82) is 0 Å². The lowest BCUT2D eigenvalue weighted by molar-refractivity contribution is -0.127. The van der Waals surface area contributed by atoms with Gasteiger partial charge >= 0.3 is 0 Å². The van der Waals surface area contributed by atoms with Gasteiger partial charge in [-0.1, -0.05) is 11.4 Å². The third-order valence-electron chi connectivity index (χ3n) is 2.82. The maximum absolute atomic E-state index is 12.3. The maximum Gasteiger partial charge on any atom is 0.268 e. The molecular weight excluding hydrogens is 240 g/mol. The maximum atomic E-state index is 12.3. The summed E-state index contributed by atoms with van der Waals surface area (Å²) in [6.45, 7) is 4.70. The Labute approximate surface area is 103 Å². The lowest BCUT2D eigenvalue weighted by Gasteiger charge is -2.34. The fraction of sp³-hybridized carbons (Fsp3) is 0.600. The first-order valence-electron chi connectivity index (χ1n) is 5.52. The van der Waals surface area contributed by atoms with Crippen LogP contribution in [0.5, 0.6) is 0 Å². The van der Waals surface area contributed by atoms with Crippen molar-refractivity contribution in [3.8, 4) is 0 Å². The fourth-order valence-electron chi connectivity index (χ4n) is 1.92. The fourth-order valence-corrected chi connectivity index (χ4v) is 2.54. The van der Waals surface area contributed by atoms with E-state index in [0.717, 1.165) is 11.5 Å². The van der Waals surface area contributed by atoms with Crippen LogP contribution in [0.4, 0.5) is 0 Å². The van der Waals surface area contributed by atoms with Gasteiger partial charge in [-0.3, -0.25) is 9.59 Å². The molecule has 1 unspecified atom stereocenters. The number of hydrogen-bond donors (Lipinski definition) is 1. The van der Waals surface area contributed by atoms with Crippen LogP contribution in [0.1, 0.15) is 28.7 Å². The van der Waals surface area contributed by atoms with Crippen LogP contribution in [0, 0.1) is 6.92 Å². The zero-order valence-electron chi connectivity index (χ0n) is 9.77. The summed E-state index contributed by atoms with van der Waals surface area (Å²) in [5.41, 5.74) is 0.626. The highest BCUT2D eigenvalue weighted by Gasteiger charge is 2.33. The van der Waals surface area contributed by atoms with E-state index in [1.807, 2.05) is 6.92 Å². The van der Waals surface area contributed by atoms with Gasteiger partial charge in [-0.2, -0.15) is 0 Å². The van der Waals surface area contributed by atoms with Crippen molar-refractivity contribution in [3.63, 3.8) is 0 Å². The highest BCUT2D eigenvalue weighted by molar-refractivity contribution is 7.07. The van der Waals surface area contributed by atoms with Crippen LogP contribution in [-0.4, -0.2) is 45.4 Å². The quantitative estimate of drug-likeness (QED) is 0.818. The number of carbonyl (C=O) groups is 2. The van der Waals surface area contributed by atoms with Crippen LogP contribution in [0.2, 0.25) is 0 Å². The molecule has 1 aliphatic heterocycles. The summed E-state index contributed by atoms with van der Waals surface area (Å²) in [4.78, 5) is 26.1. The highest BCUT2D eigenvalue weighted by Crippen LogP contribution is 2.17. The van der Waals surface area contributed by atoms with Crippen LogP contribution in [-0.2, 0) is 4.79 Å². The van der Waals surface area contributed by atoms with E-state index in [-0.39, 0.29) is 17.9 Å². The van der Waals surface area contributed by atoms with Crippen molar-refractivity contribution in [2.24, 2.45) is 0 Å². The number of carbonyl (C=O) groups excluding carboxylic acids is 2. The summed E-state index contributed by atoms with van der Waals surface area (Å²) >= 11 is 1.08. The second kappa shape index (κ2) is 4.79. The Balaban J connectivity index is 2.24. The van der Waals surface area contributed by atoms with Crippen LogP contribution in [0.3, 0.4) is 0 Å². The molecule has 0 saturated carbocycles. The summed E-state index contributed by atoms with van der Waals surface area (Å²) < 4.78 is 3.75. The molecule has 1 aromatic rings. The standard InChI is InChI=1S/C10H14N4O2S/c1-3-7-9(15)11-4-5-14(7)10(16)8-6(2)12-13-17-8/h7H,3-5H2,1-2H3,(H,11,15). The number of hydrogen-bond acceptors (Lipinski definition) is 5. The minimum Gasteiger partial charge on any atom is -0.353 e. The third kappa shape index (κ3) is 2.14. The number of nitrogens with one attached hydrogen (secondary N) is 1. The van der Waals surface area contributed by atoms with Crippen LogP contribution >= 0.6 is 11.5 Å². The van der Waals surface area contributed by atoms with E-state index in [1.165, 1.54) is 0 Å². The van der Waals surface area contributed by atoms with Gasteiger partial charge < -0.3 is 10.2 Å². The molecule has 17 heavy (non-hydrogen) atoms. The van der Waals surface area contributed by atoms with Gasteiger partial charge in [0.2, 0.25) is 5.91 Å². The number of piperazine rings is 1. The number of rotatable bonds is 2. The van der Waals surface area contributed by atoms with Gasteiger partial charge in [0, 0.05) is 13.1 Å². The van der Waals surface area contributed by atoms with Gasteiger partial charge in [0.1, 0.15) is 10.9 Å². The van der Waals surface area contributed by atoms with E-state index in [2.05, 4.69) is 14.9 Å². The van der Waals surface area contributed by atoms with Crippen molar-refractivity contribution in [2.75, 3.05) is 13.1 Å². The van der Waals surface area contributed by atoms with E-state index in [9.17, 15) is 9.59 Å². The van der Waals surface area contributed by atoms with Crippen molar-refractivity contribution in [2.45, 2.75) is 26.3 Å². The van der Waals surface area contributed by atoms with E-state index >= 15 is 0 Å². The molecule has 2 rings (SSSR count). The van der Waals surface area contributed by atoms with Gasteiger partial charge in [0.25, 0.3) is 5.91 Å². The Bertz CT molecular complexity index is 445. The molecular formula is C10H14N4O2S. The molecule has 0 aromatic carbocycles. The smallest absolute Gasteiger partial charge is 0.268 e. The van der Waals surface area contributed by atoms with Gasteiger partial charge in [-0.05, 0) is 24.9 Å². The van der Waals surface area contributed by atoms with Gasteiger partial charge in [-0.15, -0.1) is 5.10 Å². The second-order valence-corrected chi connectivity index (χ2v) is 4.66.